The molecule has 0 bridgehead atoms. The van der Waals surface area contributed by atoms with Gasteiger partial charge < -0.3 is 15.1 Å². The first-order valence-corrected chi connectivity index (χ1v) is 10.5. The average molecular weight is 489 g/mol. The van der Waals surface area contributed by atoms with Crippen LogP contribution in [0.3, 0.4) is 0 Å². The molecule has 0 aliphatic carbocycles. The molecule has 2 aromatic carbocycles. The number of benzene rings is 2. The van der Waals surface area contributed by atoms with Crippen molar-refractivity contribution in [3.63, 3.8) is 0 Å². The molecule has 11 heteroatoms. The fourth-order valence-electron chi connectivity index (χ4n) is 3.18. The summed E-state index contributed by atoms with van der Waals surface area (Å²) in [5, 5.41) is 26.9. The Morgan fingerprint density at radius 1 is 1.24 bits per heavy atom. The fourth-order valence-corrected chi connectivity index (χ4v) is 3.36. The molecule has 34 heavy (non-hydrogen) atoms. The van der Waals surface area contributed by atoms with Crippen molar-refractivity contribution in [2.24, 2.45) is 10.4 Å². The van der Waals surface area contributed by atoms with Crippen LogP contribution in [-0.2, 0) is 11.2 Å². The second-order valence-electron chi connectivity index (χ2n) is 7.87. The van der Waals surface area contributed by atoms with E-state index < -0.39 is 29.7 Å². The molecule has 1 aromatic heterocycles. The van der Waals surface area contributed by atoms with Crippen molar-refractivity contribution in [3.05, 3.63) is 70.8 Å². The van der Waals surface area contributed by atoms with Crippen LogP contribution in [0.2, 0.25) is 5.02 Å². The van der Waals surface area contributed by atoms with E-state index in [1.807, 2.05) is 0 Å². The number of hydrogen-bond acceptors (Lipinski definition) is 6. The molecule has 0 unspecified atom stereocenters. The summed E-state index contributed by atoms with van der Waals surface area (Å²) in [5.41, 5.74) is 0.213. The Balaban J connectivity index is 1.90. The largest absolute Gasteiger partial charge is 0.481 e. The van der Waals surface area contributed by atoms with E-state index in [-0.39, 0.29) is 24.2 Å². The van der Waals surface area contributed by atoms with E-state index in [0.29, 0.717) is 21.7 Å². The standard InChI is InChI=1S/C23H22ClFN4O5/c1-23(13-30,22(32)33)11-17(26-21(31)20-12-29(34-2)28-27-20)9-14-3-5-15(6-4-14)18-10-16(24)7-8-19(18)25/h3-8,10,12,30H,9,11,13H2,1-2H3,(H,32,33)/t23-/m0/s1. The monoisotopic (exact) mass is 488 g/mol. The lowest BCUT2D eigenvalue weighted by atomic mass is 9.84. The van der Waals surface area contributed by atoms with Crippen LogP contribution in [0.4, 0.5) is 4.39 Å². The Bertz CT molecular complexity index is 1230. The zero-order valence-corrected chi connectivity index (χ0v) is 19.2. The zero-order chi connectivity index (χ0) is 24.9. The third-order valence-electron chi connectivity index (χ3n) is 5.20. The third kappa shape index (κ3) is 5.83. The second kappa shape index (κ2) is 10.5. The van der Waals surface area contributed by atoms with Crippen LogP contribution in [0.5, 0.6) is 0 Å². The number of halogens is 2. The number of aliphatic carboxylic acids is 1. The minimum atomic E-state index is -1.55. The van der Waals surface area contributed by atoms with E-state index in [1.165, 1.54) is 38.4 Å². The molecule has 0 aliphatic heterocycles. The summed E-state index contributed by atoms with van der Waals surface area (Å²) in [5.74, 6) is -2.39. The summed E-state index contributed by atoms with van der Waals surface area (Å²) >= 11 is 5.98. The predicted molar refractivity (Wildman–Crippen MR) is 122 cm³/mol. The number of aliphatic imine (C=N–C) groups is 1. The number of hydrogen-bond donors (Lipinski definition) is 2. The van der Waals surface area contributed by atoms with E-state index in [0.717, 1.165) is 4.85 Å². The van der Waals surface area contributed by atoms with Crippen molar-refractivity contribution < 1.29 is 29.0 Å². The van der Waals surface area contributed by atoms with Gasteiger partial charge in [0.1, 0.15) is 19.1 Å². The lowest BCUT2D eigenvalue weighted by molar-refractivity contribution is -0.149. The van der Waals surface area contributed by atoms with E-state index in [4.69, 9.17) is 16.4 Å². The lowest BCUT2D eigenvalue weighted by Gasteiger charge is -2.23. The van der Waals surface area contributed by atoms with Crippen LogP contribution < -0.4 is 4.84 Å². The van der Waals surface area contributed by atoms with Crippen LogP contribution in [0.25, 0.3) is 11.1 Å². The Morgan fingerprint density at radius 2 is 1.94 bits per heavy atom. The number of rotatable bonds is 9. The Morgan fingerprint density at radius 3 is 2.53 bits per heavy atom. The molecule has 3 aromatic rings. The Kier molecular flexibility index (Phi) is 7.75. The number of carbonyl (C=O) groups is 2. The number of carbonyl (C=O) groups excluding carboxylic acids is 1. The molecule has 9 nitrogen and oxygen atoms in total. The second-order valence-corrected chi connectivity index (χ2v) is 8.31. The van der Waals surface area contributed by atoms with E-state index >= 15 is 0 Å². The van der Waals surface area contributed by atoms with Gasteiger partial charge in [-0.05, 0) is 41.5 Å². The molecular weight excluding hydrogens is 467 g/mol. The molecule has 1 amide bonds. The van der Waals surface area contributed by atoms with Crippen molar-refractivity contribution >= 4 is 29.2 Å². The van der Waals surface area contributed by atoms with Gasteiger partial charge in [0.05, 0.1) is 12.0 Å². The van der Waals surface area contributed by atoms with Gasteiger partial charge in [-0.3, -0.25) is 9.59 Å². The van der Waals surface area contributed by atoms with Crippen molar-refractivity contribution in [2.45, 2.75) is 19.8 Å². The van der Waals surface area contributed by atoms with Crippen LogP contribution in [0, 0.1) is 11.2 Å². The molecule has 0 fully saturated rings. The molecule has 1 heterocycles. The minimum Gasteiger partial charge on any atom is -0.481 e. The summed E-state index contributed by atoms with van der Waals surface area (Å²) in [6.07, 6.45) is 1.17. The zero-order valence-electron chi connectivity index (χ0n) is 18.4. The maximum atomic E-state index is 14.2. The van der Waals surface area contributed by atoms with Crippen molar-refractivity contribution in [1.29, 1.82) is 0 Å². The van der Waals surface area contributed by atoms with Crippen molar-refractivity contribution in [1.82, 2.24) is 15.2 Å². The number of aliphatic hydroxyl groups is 1. The van der Waals surface area contributed by atoms with E-state index in [9.17, 15) is 24.2 Å². The van der Waals surface area contributed by atoms with Crippen LogP contribution in [0.1, 0.15) is 29.4 Å². The first kappa shape index (κ1) is 25.0. The Labute approximate surface area is 199 Å². The van der Waals surface area contributed by atoms with Gasteiger partial charge in [0.25, 0.3) is 5.91 Å². The molecule has 178 valence electrons. The minimum absolute atomic E-state index is 0.0906. The Hall–Kier alpha value is -3.63. The maximum absolute atomic E-state index is 14.2. The number of nitrogens with zero attached hydrogens (tertiary/aromatic N) is 4. The number of carboxylic acid groups (broad SMARTS) is 1. The van der Waals surface area contributed by atoms with Crippen LogP contribution in [-0.4, -0.2) is 56.7 Å². The van der Waals surface area contributed by atoms with E-state index in [1.54, 1.807) is 24.3 Å². The van der Waals surface area contributed by atoms with Gasteiger partial charge in [0, 0.05) is 29.1 Å². The molecular formula is C23H22ClFN4O5. The molecule has 0 saturated carbocycles. The SMILES string of the molecule is COn1cc(C(=O)N=C(Cc2ccc(-c3cc(Cl)ccc3F)cc2)C[C@@](C)(CO)C(=O)O)nn1. The van der Waals surface area contributed by atoms with Gasteiger partial charge in [-0.15, -0.1) is 5.10 Å². The summed E-state index contributed by atoms with van der Waals surface area (Å²) in [6, 6.07) is 11.1. The molecule has 3 rings (SSSR count). The topological polar surface area (TPSA) is 127 Å². The molecule has 0 spiro atoms. The summed E-state index contributed by atoms with van der Waals surface area (Å²) in [6.45, 7) is 0.712. The van der Waals surface area contributed by atoms with Crippen LogP contribution in [0.15, 0.2) is 53.7 Å². The first-order chi connectivity index (χ1) is 16.1. The number of aromatic nitrogens is 3. The third-order valence-corrected chi connectivity index (χ3v) is 5.44. The molecule has 1 atom stereocenters. The van der Waals surface area contributed by atoms with Gasteiger partial charge in [-0.2, -0.15) is 0 Å². The lowest BCUT2D eigenvalue weighted by Crippen LogP contribution is -2.34. The average Bonchev–Trinajstić information content (AvgIpc) is 3.30. The number of amides is 1. The number of carboxylic acids is 1. The highest BCUT2D eigenvalue weighted by molar-refractivity contribution is 6.30. The summed E-state index contributed by atoms with van der Waals surface area (Å²) in [4.78, 5) is 34.2. The van der Waals surface area contributed by atoms with Crippen molar-refractivity contribution in [3.8, 4) is 11.1 Å². The van der Waals surface area contributed by atoms with Gasteiger partial charge >= 0.3 is 5.97 Å². The van der Waals surface area contributed by atoms with Gasteiger partial charge in [-0.1, -0.05) is 40.7 Å². The van der Waals surface area contributed by atoms with Crippen molar-refractivity contribution in [2.75, 3.05) is 13.7 Å². The molecule has 0 aliphatic rings. The predicted octanol–water partition coefficient (Wildman–Crippen LogP) is 3.09. The molecule has 2 N–H and O–H groups in total. The number of aliphatic hydroxyl groups excluding tert-OH is 1. The van der Waals surface area contributed by atoms with E-state index in [2.05, 4.69) is 15.3 Å². The van der Waals surface area contributed by atoms with Gasteiger partial charge in [0.15, 0.2) is 5.69 Å². The van der Waals surface area contributed by atoms with Gasteiger partial charge in [-0.25, -0.2) is 9.38 Å². The summed E-state index contributed by atoms with van der Waals surface area (Å²) < 4.78 is 14.2. The highest BCUT2D eigenvalue weighted by Crippen LogP contribution is 2.27. The maximum Gasteiger partial charge on any atom is 0.312 e. The van der Waals surface area contributed by atoms with Crippen LogP contribution >= 0.6 is 11.6 Å². The fraction of sp³-hybridized carbons (Fsp3) is 0.261. The highest BCUT2D eigenvalue weighted by atomic mass is 35.5. The molecule has 0 saturated heterocycles. The highest BCUT2D eigenvalue weighted by Gasteiger charge is 2.34. The van der Waals surface area contributed by atoms with Gasteiger partial charge in [0.2, 0.25) is 0 Å². The quantitative estimate of drug-likeness (QED) is 0.443. The normalized spacial score (nSPS) is 13.4. The summed E-state index contributed by atoms with van der Waals surface area (Å²) in [7, 11) is 1.34. The first-order valence-electron chi connectivity index (χ1n) is 10.1. The molecule has 0 radical (unpaired) electrons. The smallest absolute Gasteiger partial charge is 0.312 e.